The molecule has 0 saturated carbocycles. The van der Waals surface area contributed by atoms with Gasteiger partial charge >= 0.3 is 0 Å². The van der Waals surface area contributed by atoms with Gasteiger partial charge in [0.15, 0.2) is 11.6 Å². The summed E-state index contributed by atoms with van der Waals surface area (Å²) in [6, 6.07) is 10.1. The van der Waals surface area contributed by atoms with Gasteiger partial charge in [0.05, 0.1) is 0 Å². The summed E-state index contributed by atoms with van der Waals surface area (Å²) in [7, 11) is 0. The molecule has 1 aliphatic carbocycles. The zero-order valence-electron chi connectivity index (χ0n) is 10.4. The maximum atomic E-state index is 13.7. The van der Waals surface area contributed by atoms with Crippen molar-refractivity contribution in [1.29, 1.82) is 0 Å². The zero-order chi connectivity index (χ0) is 13.2. The van der Waals surface area contributed by atoms with Crippen molar-refractivity contribution < 1.29 is 13.9 Å². The van der Waals surface area contributed by atoms with Crippen molar-refractivity contribution in [3.63, 3.8) is 0 Å². The molecule has 0 spiro atoms. The summed E-state index contributed by atoms with van der Waals surface area (Å²) >= 11 is 0. The molecule has 0 amide bonds. The number of carbonyl (C=O) groups is 1. The minimum atomic E-state index is -0.523. The molecule has 96 valence electrons. The van der Waals surface area contributed by atoms with Gasteiger partial charge in [-0.2, -0.15) is 0 Å². The molecule has 2 nitrogen and oxygen atoms in total. The highest BCUT2D eigenvalue weighted by molar-refractivity contribution is 5.75. The highest BCUT2D eigenvalue weighted by Crippen LogP contribution is 2.30. The van der Waals surface area contributed by atoms with E-state index in [1.165, 1.54) is 29.7 Å². The van der Waals surface area contributed by atoms with Gasteiger partial charge in [-0.05, 0) is 60.7 Å². The fraction of sp³-hybridized carbons (Fsp3) is 0.188. The van der Waals surface area contributed by atoms with Crippen LogP contribution in [0.4, 0.5) is 4.39 Å². The summed E-state index contributed by atoms with van der Waals surface area (Å²) in [5.74, 6) is 0.257. The number of aldehydes is 1. The Morgan fingerprint density at radius 2 is 1.89 bits per heavy atom. The molecule has 0 N–H and O–H groups in total. The highest BCUT2D eigenvalue weighted by atomic mass is 19.1. The predicted octanol–water partition coefficient (Wildman–Crippen LogP) is 3.92. The van der Waals surface area contributed by atoms with E-state index in [1.807, 2.05) is 18.2 Å². The largest absolute Gasteiger partial charge is 0.454 e. The molecular weight excluding hydrogens is 243 g/mol. The molecule has 0 atom stereocenters. The van der Waals surface area contributed by atoms with Crippen LogP contribution in [0, 0.1) is 5.82 Å². The van der Waals surface area contributed by atoms with Crippen LogP contribution < -0.4 is 4.74 Å². The molecule has 0 aromatic heterocycles. The Bertz CT molecular complexity index is 635. The minimum Gasteiger partial charge on any atom is -0.454 e. The molecule has 0 aliphatic heterocycles. The summed E-state index contributed by atoms with van der Waals surface area (Å²) in [5, 5.41) is 0. The van der Waals surface area contributed by atoms with Gasteiger partial charge in [-0.1, -0.05) is 6.07 Å². The van der Waals surface area contributed by atoms with Crippen LogP contribution in [-0.4, -0.2) is 6.29 Å². The van der Waals surface area contributed by atoms with Crippen LogP contribution in [0.2, 0.25) is 0 Å². The Hall–Kier alpha value is -2.16. The molecule has 3 heteroatoms. The number of ether oxygens (including phenoxy) is 1. The summed E-state index contributed by atoms with van der Waals surface area (Å²) < 4.78 is 19.3. The van der Waals surface area contributed by atoms with E-state index in [2.05, 4.69) is 0 Å². The van der Waals surface area contributed by atoms with E-state index < -0.39 is 5.82 Å². The lowest BCUT2D eigenvalue weighted by atomic mass is 10.1. The fourth-order valence-electron chi connectivity index (χ4n) is 2.41. The van der Waals surface area contributed by atoms with Crippen LogP contribution in [0.5, 0.6) is 11.5 Å². The van der Waals surface area contributed by atoms with E-state index in [0.29, 0.717) is 17.6 Å². The minimum absolute atomic E-state index is 0.142. The van der Waals surface area contributed by atoms with Gasteiger partial charge in [-0.15, -0.1) is 0 Å². The summed E-state index contributed by atoms with van der Waals surface area (Å²) in [6.45, 7) is 0. The van der Waals surface area contributed by atoms with Crippen molar-refractivity contribution in [2.45, 2.75) is 19.3 Å². The van der Waals surface area contributed by atoms with Gasteiger partial charge in [0, 0.05) is 5.56 Å². The van der Waals surface area contributed by atoms with E-state index in [1.54, 1.807) is 6.07 Å². The number of carbonyl (C=O) groups excluding carboxylic acids is 1. The van der Waals surface area contributed by atoms with Gasteiger partial charge in [-0.3, -0.25) is 4.79 Å². The second kappa shape index (κ2) is 4.84. The average Bonchev–Trinajstić information content (AvgIpc) is 2.88. The van der Waals surface area contributed by atoms with E-state index in [0.717, 1.165) is 12.8 Å². The second-order valence-electron chi connectivity index (χ2n) is 4.69. The molecule has 2 aromatic rings. The van der Waals surface area contributed by atoms with E-state index in [9.17, 15) is 9.18 Å². The van der Waals surface area contributed by atoms with Crippen LogP contribution >= 0.6 is 0 Å². The molecule has 0 heterocycles. The molecule has 19 heavy (non-hydrogen) atoms. The van der Waals surface area contributed by atoms with Crippen molar-refractivity contribution in [2.75, 3.05) is 0 Å². The maximum Gasteiger partial charge on any atom is 0.166 e. The number of halogens is 1. The molecule has 0 bridgehead atoms. The first-order valence-electron chi connectivity index (χ1n) is 6.30. The van der Waals surface area contributed by atoms with Gasteiger partial charge < -0.3 is 4.74 Å². The Morgan fingerprint density at radius 3 is 2.68 bits per heavy atom. The summed E-state index contributed by atoms with van der Waals surface area (Å²) in [4.78, 5) is 10.5. The topological polar surface area (TPSA) is 26.3 Å². The lowest BCUT2D eigenvalue weighted by Crippen LogP contribution is -1.92. The Kier molecular flexibility index (Phi) is 3.03. The normalized spacial score (nSPS) is 13.1. The molecule has 0 radical (unpaired) electrons. The van der Waals surface area contributed by atoms with Crippen molar-refractivity contribution >= 4 is 6.29 Å². The second-order valence-corrected chi connectivity index (χ2v) is 4.69. The Labute approximate surface area is 110 Å². The van der Waals surface area contributed by atoms with Crippen molar-refractivity contribution in [3.8, 4) is 11.5 Å². The van der Waals surface area contributed by atoms with Crippen molar-refractivity contribution in [1.82, 2.24) is 0 Å². The molecule has 1 aliphatic rings. The Balaban J connectivity index is 1.87. The Morgan fingerprint density at radius 1 is 1.05 bits per heavy atom. The van der Waals surface area contributed by atoms with Crippen LogP contribution in [-0.2, 0) is 12.8 Å². The third-order valence-corrected chi connectivity index (χ3v) is 3.39. The first-order chi connectivity index (χ1) is 9.26. The standard InChI is InChI=1S/C16H13FO2/c17-15-8-11(10-18)4-7-16(15)19-14-6-5-12-2-1-3-13(12)9-14/h4-10H,1-3H2. The van der Waals surface area contributed by atoms with Gasteiger partial charge in [-0.25, -0.2) is 4.39 Å². The maximum absolute atomic E-state index is 13.7. The van der Waals surface area contributed by atoms with Crippen LogP contribution in [0.3, 0.4) is 0 Å². The average molecular weight is 256 g/mol. The number of fused-ring (bicyclic) bond motifs is 1. The highest BCUT2D eigenvalue weighted by Gasteiger charge is 2.12. The quantitative estimate of drug-likeness (QED) is 0.778. The molecule has 0 fully saturated rings. The molecule has 2 aromatic carbocycles. The van der Waals surface area contributed by atoms with E-state index >= 15 is 0 Å². The van der Waals surface area contributed by atoms with Crippen LogP contribution in [0.1, 0.15) is 27.9 Å². The first kappa shape index (κ1) is 11.9. The van der Waals surface area contributed by atoms with Crippen LogP contribution in [0.15, 0.2) is 36.4 Å². The van der Waals surface area contributed by atoms with E-state index in [-0.39, 0.29) is 5.75 Å². The number of hydrogen-bond acceptors (Lipinski definition) is 2. The van der Waals surface area contributed by atoms with Gasteiger partial charge in [0.25, 0.3) is 0 Å². The lowest BCUT2D eigenvalue weighted by Gasteiger charge is -2.08. The lowest BCUT2D eigenvalue weighted by molar-refractivity contribution is 0.112. The van der Waals surface area contributed by atoms with Crippen molar-refractivity contribution in [3.05, 3.63) is 58.9 Å². The van der Waals surface area contributed by atoms with Crippen molar-refractivity contribution in [2.24, 2.45) is 0 Å². The molecular formula is C16H13FO2. The number of rotatable bonds is 3. The zero-order valence-corrected chi connectivity index (χ0v) is 10.4. The first-order valence-corrected chi connectivity index (χ1v) is 6.30. The van der Waals surface area contributed by atoms with E-state index in [4.69, 9.17) is 4.74 Å². The summed E-state index contributed by atoms with van der Waals surface area (Å²) in [6.07, 6.45) is 3.94. The monoisotopic (exact) mass is 256 g/mol. The summed E-state index contributed by atoms with van der Waals surface area (Å²) in [5.41, 5.74) is 2.94. The third-order valence-electron chi connectivity index (χ3n) is 3.39. The number of hydrogen-bond donors (Lipinski definition) is 0. The fourth-order valence-corrected chi connectivity index (χ4v) is 2.41. The van der Waals surface area contributed by atoms with Gasteiger partial charge in [0.1, 0.15) is 12.0 Å². The van der Waals surface area contributed by atoms with Gasteiger partial charge in [0.2, 0.25) is 0 Å². The molecule has 3 rings (SSSR count). The third kappa shape index (κ3) is 2.36. The molecule has 0 unspecified atom stereocenters. The SMILES string of the molecule is O=Cc1ccc(Oc2ccc3c(c2)CCC3)c(F)c1. The number of aryl methyl sites for hydroxylation is 2. The predicted molar refractivity (Wildman–Crippen MR) is 70.3 cm³/mol. The van der Waals surface area contributed by atoms with Crippen LogP contribution in [0.25, 0.3) is 0 Å². The smallest absolute Gasteiger partial charge is 0.166 e. The number of benzene rings is 2. The molecule has 0 saturated heterocycles.